The van der Waals surface area contributed by atoms with E-state index in [0.717, 1.165) is 19.4 Å². The van der Waals surface area contributed by atoms with Crippen LogP contribution in [0, 0.1) is 5.92 Å². The second-order valence-electron chi connectivity index (χ2n) is 3.18. The molecule has 1 saturated heterocycles. The van der Waals surface area contributed by atoms with Gasteiger partial charge in [-0.15, -0.1) is 0 Å². The van der Waals surface area contributed by atoms with Gasteiger partial charge < -0.3 is 9.47 Å². The second-order valence-corrected chi connectivity index (χ2v) is 3.18. The van der Waals surface area contributed by atoms with Gasteiger partial charge in [0.15, 0.2) is 6.29 Å². The van der Waals surface area contributed by atoms with Crippen molar-refractivity contribution in [2.75, 3.05) is 6.61 Å². The molecule has 1 aliphatic rings. The molecule has 1 aliphatic heterocycles. The Hall–Kier alpha value is -0.0800. The normalized spacial score (nSPS) is 37.9. The fourth-order valence-corrected chi connectivity index (χ4v) is 1.63. The molecule has 0 aromatic heterocycles. The summed E-state index contributed by atoms with van der Waals surface area (Å²) in [4.78, 5) is 0. The molecule has 0 aromatic rings. The molecule has 0 bridgehead atoms. The number of rotatable bonds is 3. The van der Waals surface area contributed by atoms with Crippen LogP contribution >= 0.6 is 0 Å². The lowest BCUT2D eigenvalue weighted by Gasteiger charge is -2.12. The maximum absolute atomic E-state index is 5.64. The summed E-state index contributed by atoms with van der Waals surface area (Å²) in [6.45, 7) is 7.16. The van der Waals surface area contributed by atoms with Gasteiger partial charge in [0.25, 0.3) is 0 Å². The fourth-order valence-electron chi connectivity index (χ4n) is 1.63. The summed E-state index contributed by atoms with van der Waals surface area (Å²) in [7, 11) is 0. The summed E-state index contributed by atoms with van der Waals surface area (Å²) < 4.78 is 11.0. The van der Waals surface area contributed by atoms with Crippen molar-refractivity contribution in [2.24, 2.45) is 5.92 Å². The molecule has 0 saturated carbocycles. The predicted molar refractivity (Wildman–Crippen MR) is 44.4 cm³/mol. The Morgan fingerprint density at radius 3 is 2.64 bits per heavy atom. The van der Waals surface area contributed by atoms with Gasteiger partial charge in [0.2, 0.25) is 0 Å². The van der Waals surface area contributed by atoms with Crippen LogP contribution in [0.25, 0.3) is 0 Å². The van der Waals surface area contributed by atoms with Crippen molar-refractivity contribution in [1.29, 1.82) is 0 Å². The van der Waals surface area contributed by atoms with Crippen molar-refractivity contribution in [3.63, 3.8) is 0 Å². The number of ether oxygens (including phenoxy) is 2. The Morgan fingerprint density at radius 1 is 1.45 bits per heavy atom. The van der Waals surface area contributed by atoms with E-state index in [1.165, 1.54) is 0 Å². The smallest absolute Gasteiger partial charge is 0.158 e. The van der Waals surface area contributed by atoms with Crippen molar-refractivity contribution >= 4 is 0 Å². The lowest BCUT2D eigenvalue weighted by Crippen LogP contribution is -2.14. The second kappa shape index (κ2) is 4.07. The van der Waals surface area contributed by atoms with Crippen LogP contribution in [0.2, 0.25) is 0 Å². The van der Waals surface area contributed by atoms with Crippen LogP contribution in [-0.2, 0) is 9.47 Å². The van der Waals surface area contributed by atoms with E-state index in [4.69, 9.17) is 9.47 Å². The molecular weight excluding hydrogens is 140 g/mol. The van der Waals surface area contributed by atoms with Gasteiger partial charge >= 0.3 is 0 Å². The maximum Gasteiger partial charge on any atom is 0.158 e. The third-order valence-corrected chi connectivity index (χ3v) is 2.28. The Bertz CT molecular complexity index is 114. The lowest BCUT2D eigenvalue weighted by atomic mass is 10.0. The zero-order chi connectivity index (χ0) is 8.27. The molecule has 3 atom stereocenters. The zero-order valence-corrected chi connectivity index (χ0v) is 7.67. The standard InChI is InChI=1S/C9H18O2/c1-4-8-7(3)6-9(11-8)10-5-2/h7-9H,4-6H2,1-3H3/t7-,8+,9?/m1/s1. The van der Waals surface area contributed by atoms with Crippen LogP contribution in [0.3, 0.4) is 0 Å². The van der Waals surface area contributed by atoms with E-state index in [-0.39, 0.29) is 6.29 Å². The minimum Gasteiger partial charge on any atom is -0.353 e. The molecule has 1 fully saturated rings. The molecule has 0 N–H and O–H groups in total. The third-order valence-electron chi connectivity index (χ3n) is 2.28. The zero-order valence-electron chi connectivity index (χ0n) is 7.67. The molecule has 1 unspecified atom stereocenters. The van der Waals surface area contributed by atoms with Gasteiger partial charge in [0.05, 0.1) is 6.10 Å². The van der Waals surface area contributed by atoms with Gasteiger partial charge in [0, 0.05) is 13.0 Å². The largest absolute Gasteiger partial charge is 0.353 e. The Balaban J connectivity index is 2.30. The topological polar surface area (TPSA) is 18.5 Å². The van der Waals surface area contributed by atoms with E-state index < -0.39 is 0 Å². The highest BCUT2D eigenvalue weighted by atomic mass is 16.7. The highest BCUT2D eigenvalue weighted by Crippen LogP contribution is 2.28. The van der Waals surface area contributed by atoms with Crippen LogP contribution in [-0.4, -0.2) is 19.0 Å². The minimum atomic E-state index is 0.0694. The first-order chi connectivity index (χ1) is 5.27. The van der Waals surface area contributed by atoms with E-state index in [1.54, 1.807) is 0 Å². The van der Waals surface area contributed by atoms with Gasteiger partial charge in [-0.2, -0.15) is 0 Å². The first-order valence-corrected chi connectivity index (χ1v) is 4.55. The van der Waals surface area contributed by atoms with E-state index in [9.17, 15) is 0 Å². The first-order valence-electron chi connectivity index (χ1n) is 4.55. The molecule has 0 aromatic carbocycles. The van der Waals surface area contributed by atoms with Gasteiger partial charge in [0.1, 0.15) is 0 Å². The molecule has 0 aliphatic carbocycles. The average Bonchev–Trinajstić information content (AvgIpc) is 2.32. The monoisotopic (exact) mass is 158 g/mol. The van der Waals surface area contributed by atoms with E-state index in [2.05, 4.69) is 13.8 Å². The van der Waals surface area contributed by atoms with Crippen LogP contribution in [0.4, 0.5) is 0 Å². The lowest BCUT2D eigenvalue weighted by molar-refractivity contribution is -0.131. The Kier molecular flexibility index (Phi) is 3.34. The molecular formula is C9H18O2. The molecule has 0 radical (unpaired) electrons. The van der Waals surface area contributed by atoms with Crippen molar-refractivity contribution in [2.45, 2.75) is 46.0 Å². The Morgan fingerprint density at radius 2 is 2.18 bits per heavy atom. The minimum absolute atomic E-state index is 0.0694. The molecule has 1 heterocycles. The third kappa shape index (κ3) is 2.17. The maximum atomic E-state index is 5.64. The van der Waals surface area contributed by atoms with Crippen molar-refractivity contribution in [1.82, 2.24) is 0 Å². The van der Waals surface area contributed by atoms with Gasteiger partial charge in [-0.05, 0) is 19.3 Å². The van der Waals surface area contributed by atoms with Crippen molar-refractivity contribution in [3.8, 4) is 0 Å². The summed E-state index contributed by atoms with van der Waals surface area (Å²) in [5, 5.41) is 0. The van der Waals surface area contributed by atoms with Crippen LogP contribution < -0.4 is 0 Å². The van der Waals surface area contributed by atoms with E-state index in [1.807, 2.05) is 6.92 Å². The summed E-state index contributed by atoms with van der Waals surface area (Å²) in [6, 6.07) is 0. The molecule has 0 spiro atoms. The summed E-state index contributed by atoms with van der Waals surface area (Å²) in [5.41, 5.74) is 0. The van der Waals surface area contributed by atoms with Gasteiger partial charge in [-0.3, -0.25) is 0 Å². The summed E-state index contributed by atoms with van der Waals surface area (Å²) in [6.07, 6.45) is 2.66. The van der Waals surface area contributed by atoms with E-state index >= 15 is 0 Å². The molecule has 1 rings (SSSR count). The quantitative estimate of drug-likeness (QED) is 0.626. The highest BCUT2D eigenvalue weighted by molar-refractivity contribution is 4.73. The number of hydrogen-bond donors (Lipinski definition) is 0. The van der Waals surface area contributed by atoms with Crippen LogP contribution in [0.1, 0.15) is 33.6 Å². The first kappa shape index (κ1) is 9.01. The fraction of sp³-hybridized carbons (Fsp3) is 1.00. The molecule has 0 amide bonds. The predicted octanol–water partition coefficient (Wildman–Crippen LogP) is 2.18. The van der Waals surface area contributed by atoms with Gasteiger partial charge in [-0.1, -0.05) is 13.8 Å². The molecule has 2 heteroatoms. The SMILES string of the molecule is CCOC1C[C@@H](C)[C@H](CC)O1. The van der Waals surface area contributed by atoms with Crippen molar-refractivity contribution in [3.05, 3.63) is 0 Å². The average molecular weight is 158 g/mol. The van der Waals surface area contributed by atoms with Crippen molar-refractivity contribution < 1.29 is 9.47 Å². The van der Waals surface area contributed by atoms with Crippen LogP contribution in [0.5, 0.6) is 0 Å². The summed E-state index contributed by atoms with van der Waals surface area (Å²) in [5.74, 6) is 0.663. The molecule has 2 nitrogen and oxygen atoms in total. The highest BCUT2D eigenvalue weighted by Gasteiger charge is 2.30. The Labute approximate surface area is 68.9 Å². The van der Waals surface area contributed by atoms with E-state index in [0.29, 0.717) is 12.0 Å². The van der Waals surface area contributed by atoms with Crippen LogP contribution in [0.15, 0.2) is 0 Å². The van der Waals surface area contributed by atoms with Gasteiger partial charge in [-0.25, -0.2) is 0 Å². The molecule has 66 valence electrons. The molecule has 11 heavy (non-hydrogen) atoms. The number of hydrogen-bond acceptors (Lipinski definition) is 2. The summed E-state index contributed by atoms with van der Waals surface area (Å²) >= 11 is 0.